The van der Waals surface area contributed by atoms with E-state index in [1.807, 2.05) is 0 Å². The number of aromatic nitrogens is 2. The number of hydrogen-bond donors (Lipinski definition) is 4. The number of nitrogens with one attached hydrogen (secondary N) is 3. The minimum atomic E-state index is -0.413. The molecule has 0 atom stereocenters. The van der Waals surface area contributed by atoms with Crippen molar-refractivity contribution in [1.82, 2.24) is 15.5 Å². The Bertz CT molecular complexity index is 620. The van der Waals surface area contributed by atoms with Gasteiger partial charge in [-0.25, -0.2) is 0 Å². The minimum Gasteiger partial charge on any atom is -0.396 e. The molecular formula is C12H13N5O2. The van der Waals surface area contributed by atoms with E-state index < -0.39 is 5.91 Å². The van der Waals surface area contributed by atoms with Crippen LogP contribution in [0.15, 0.2) is 30.5 Å². The van der Waals surface area contributed by atoms with Crippen LogP contribution in [0, 0.1) is 0 Å². The number of rotatable bonds is 3. The van der Waals surface area contributed by atoms with E-state index in [0.717, 1.165) is 0 Å². The summed E-state index contributed by atoms with van der Waals surface area (Å²) in [4.78, 5) is 23.4. The van der Waals surface area contributed by atoms with E-state index in [-0.39, 0.29) is 17.3 Å². The lowest BCUT2D eigenvalue weighted by Crippen LogP contribution is -2.18. The number of carbonyl (C=O) groups is 2. The molecule has 0 fully saturated rings. The van der Waals surface area contributed by atoms with Gasteiger partial charge < -0.3 is 16.4 Å². The maximum Gasteiger partial charge on any atom is 0.275 e. The van der Waals surface area contributed by atoms with Crippen LogP contribution in [0.1, 0.15) is 20.8 Å². The first-order valence-corrected chi connectivity index (χ1v) is 5.54. The Kier molecular flexibility index (Phi) is 3.46. The van der Waals surface area contributed by atoms with Gasteiger partial charge in [0.1, 0.15) is 5.69 Å². The van der Waals surface area contributed by atoms with Gasteiger partial charge in [-0.3, -0.25) is 14.7 Å². The summed E-state index contributed by atoms with van der Waals surface area (Å²) in [5, 5.41) is 11.3. The van der Waals surface area contributed by atoms with Crippen LogP contribution in [-0.2, 0) is 0 Å². The standard InChI is InChI=1S/C12H13N5O2/c1-14-11(18)7-3-2-4-8(5-7)16-12(19)10-9(13)6-15-17-10/h2-6H,13H2,1H3,(H,14,18)(H,15,17)(H,16,19). The Morgan fingerprint density at radius 1 is 1.32 bits per heavy atom. The topological polar surface area (TPSA) is 113 Å². The van der Waals surface area contributed by atoms with Crippen molar-refractivity contribution in [1.29, 1.82) is 0 Å². The van der Waals surface area contributed by atoms with Gasteiger partial charge in [-0.2, -0.15) is 5.10 Å². The summed E-state index contributed by atoms with van der Waals surface area (Å²) in [5.41, 5.74) is 6.98. The zero-order valence-electron chi connectivity index (χ0n) is 10.2. The molecule has 0 unspecified atom stereocenters. The molecule has 0 aliphatic rings. The summed E-state index contributed by atoms with van der Waals surface area (Å²) in [6, 6.07) is 6.58. The number of aromatic amines is 1. The van der Waals surface area contributed by atoms with Crippen molar-refractivity contribution in [2.75, 3.05) is 18.1 Å². The highest BCUT2D eigenvalue weighted by Crippen LogP contribution is 2.13. The van der Waals surface area contributed by atoms with Crippen molar-refractivity contribution in [3.63, 3.8) is 0 Å². The maximum absolute atomic E-state index is 11.9. The fourth-order valence-corrected chi connectivity index (χ4v) is 1.55. The SMILES string of the molecule is CNC(=O)c1cccc(NC(=O)c2[nH]ncc2N)c1. The summed E-state index contributed by atoms with van der Waals surface area (Å²) in [6.07, 6.45) is 1.36. The maximum atomic E-state index is 11.9. The van der Waals surface area contributed by atoms with Gasteiger partial charge in [0.15, 0.2) is 0 Å². The molecular weight excluding hydrogens is 246 g/mol. The molecule has 2 amide bonds. The van der Waals surface area contributed by atoms with Gasteiger partial charge in [-0.15, -0.1) is 0 Å². The van der Waals surface area contributed by atoms with Crippen LogP contribution in [0.2, 0.25) is 0 Å². The first kappa shape index (κ1) is 12.6. The van der Waals surface area contributed by atoms with Crippen LogP contribution in [-0.4, -0.2) is 29.1 Å². The van der Waals surface area contributed by atoms with Gasteiger partial charge in [0.2, 0.25) is 0 Å². The van der Waals surface area contributed by atoms with Gasteiger partial charge in [0.25, 0.3) is 11.8 Å². The van der Waals surface area contributed by atoms with Crippen LogP contribution in [0.25, 0.3) is 0 Å². The fourth-order valence-electron chi connectivity index (χ4n) is 1.55. The Labute approximate surface area is 109 Å². The molecule has 1 aromatic carbocycles. The smallest absolute Gasteiger partial charge is 0.275 e. The number of nitrogens with zero attached hydrogens (tertiary/aromatic N) is 1. The van der Waals surface area contributed by atoms with Gasteiger partial charge in [0, 0.05) is 18.3 Å². The van der Waals surface area contributed by atoms with Crippen molar-refractivity contribution in [2.24, 2.45) is 0 Å². The van der Waals surface area contributed by atoms with Crippen molar-refractivity contribution < 1.29 is 9.59 Å². The van der Waals surface area contributed by atoms with Crippen LogP contribution < -0.4 is 16.4 Å². The third-order valence-electron chi connectivity index (χ3n) is 2.51. The number of amides is 2. The largest absolute Gasteiger partial charge is 0.396 e. The molecule has 98 valence electrons. The molecule has 0 aliphatic heterocycles. The Morgan fingerprint density at radius 3 is 2.74 bits per heavy atom. The summed E-state index contributed by atoms with van der Waals surface area (Å²) < 4.78 is 0. The number of anilines is 2. The first-order valence-electron chi connectivity index (χ1n) is 5.54. The Morgan fingerprint density at radius 2 is 2.11 bits per heavy atom. The van der Waals surface area contributed by atoms with Crippen LogP contribution >= 0.6 is 0 Å². The van der Waals surface area contributed by atoms with Crippen LogP contribution in [0.3, 0.4) is 0 Å². The molecule has 0 radical (unpaired) electrons. The lowest BCUT2D eigenvalue weighted by Gasteiger charge is -2.06. The van der Waals surface area contributed by atoms with E-state index in [2.05, 4.69) is 20.8 Å². The lowest BCUT2D eigenvalue weighted by atomic mass is 10.2. The van der Waals surface area contributed by atoms with E-state index in [4.69, 9.17) is 5.73 Å². The second kappa shape index (κ2) is 5.21. The van der Waals surface area contributed by atoms with E-state index in [9.17, 15) is 9.59 Å². The van der Waals surface area contributed by atoms with Gasteiger partial charge in [-0.05, 0) is 18.2 Å². The zero-order valence-corrected chi connectivity index (χ0v) is 10.2. The second-order valence-corrected chi connectivity index (χ2v) is 3.81. The Hall–Kier alpha value is -2.83. The number of hydrogen-bond acceptors (Lipinski definition) is 4. The monoisotopic (exact) mass is 259 g/mol. The first-order chi connectivity index (χ1) is 9.11. The van der Waals surface area contributed by atoms with Gasteiger partial charge >= 0.3 is 0 Å². The highest BCUT2D eigenvalue weighted by Gasteiger charge is 2.12. The highest BCUT2D eigenvalue weighted by molar-refractivity contribution is 6.06. The molecule has 7 heteroatoms. The zero-order chi connectivity index (χ0) is 13.8. The molecule has 1 aromatic heterocycles. The summed E-state index contributed by atoms with van der Waals surface area (Å²) in [6.45, 7) is 0. The summed E-state index contributed by atoms with van der Waals surface area (Å²) in [7, 11) is 1.54. The molecule has 7 nitrogen and oxygen atoms in total. The molecule has 0 aliphatic carbocycles. The van der Waals surface area contributed by atoms with Gasteiger partial charge in [-0.1, -0.05) is 6.07 Å². The van der Waals surface area contributed by atoms with Crippen molar-refractivity contribution >= 4 is 23.2 Å². The lowest BCUT2D eigenvalue weighted by molar-refractivity contribution is 0.0961. The highest BCUT2D eigenvalue weighted by atomic mass is 16.2. The third kappa shape index (κ3) is 2.71. The van der Waals surface area contributed by atoms with E-state index in [0.29, 0.717) is 11.3 Å². The predicted octanol–water partition coefficient (Wildman–Crippen LogP) is 0.604. The average molecular weight is 259 g/mol. The molecule has 0 spiro atoms. The van der Waals surface area contributed by atoms with Crippen molar-refractivity contribution in [3.05, 3.63) is 41.7 Å². The quantitative estimate of drug-likeness (QED) is 0.646. The third-order valence-corrected chi connectivity index (χ3v) is 2.51. The number of nitrogen functional groups attached to an aromatic ring is 1. The van der Waals surface area contributed by atoms with Crippen LogP contribution in [0.4, 0.5) is 11.4 Å². The van der Waals surface area contributed by atoms with E-state index in [1.165, 1.54) is 6.20 Å². The molecule has 0 bridgehead atoms. The molecule has 2 rings (SSSR count). The molecule has 0 saturated heterocycles. The minimum absolute atomic E-state index is 0.186. The summed E-state index contributed by atoms with van der Waals surface area (Å²) >= 11 is 0. The van der Waals surface area contributed by atoms with E-state index in [1.54, 1.807) is 31.3 Å². The average Bonchev–Trinajstić information content (AvgIpc) is 2.84. The number of carbonyl (C=O) groups excluding carboxylic acids is 2. The summed E-state index contributed by atoms with van der Waals surface area (Å²) in [5.74, 6) is -0.638. The number of nitrogens with two attached hydrogens (primary N) is 1. The Balaban J connectivity index is 2.18. The molecule has 0 saturated carbocycles. The van der Waals surface area contributed by atoms with Gasteiger partial charge in [0.05, 0.1) is 11.9 Å². The predicted molar refractivity (Wildman–Crippen MR) is 70.8 cm³/mol. The second-order valence-electron chi connectivity index (χ2n) is 3.81. The normalized spacial score (nSPS) is 9.95. The number of H-pyrrole nitrogens is 1. The molecule has 2 aromatic rings. The van der Waals surface area contributed by atoms with E-state index >= 15 is 0 Å². The van der Waals surface area contributed by atoms with Crippen LogP contribution in [0.5, 0.6) is 0 Å². The number of benzene rings is 1. The van der Waals surface area contributed by atoms with Crippen molar-refractivity contribution in [3.8, 4) is 0 Å². The van der Waals surface area contributed by atoms with Crippen molar-refractivity contribution in [2.45, 2.75) is 0 Å². The molecule has 5 N–H and O–H groups in total. The fraction of sp³-hybridized carbons (Fsp3) is 0.0833. The molecule has 19 heavy (non-hydrogen) atoms. The molecule has 1 heterocycles.